The lowest BCUT2D eigenvalue weighted by Crippen LogP contribution is -2.23. The molecule has 1 fully saturated rings. The van der Waals surface area contributed by atoms with Crippen LogP contribution in [0.3, 0.4) is 0 Å². The molecule has 2 aromatic rings. The van der Waals surface area contributed by atoms with Crippen LogP contribution in [-0.2, 0) is 6.42 Å². The summed E-state index contributed by atoms with van der Waals surface area (Å²) in [4.78, 5) is 8.54. The van der Waals surface area contributed by atoms with Crippen molar-refractivity contribution in [1.82, 2.24) is 15.1 Å². The van der Waals surface area contributed by atoms with Crippen LogP contribution in [0.2, 0.25) is 0 Å². The Morgan fingerprint density at radius 2 is 2.15 bits per heavy atom. The van der Waals surface area contributed by atoms with Crippen molar-refractivity contribution in [3.8, 4) is 0 Å². The molecule has 1 aliphatic carbocycles. The summed E-state index contributed by atoms with van der Waals surface area (Å²) in [6.07, 6.45) is 10.4. The molecule has 1 saturated carbocycles. The van der Waals surface area contributed by atoms with Gasteiger partial charge in [0, 0.05) is 18.8 Å². The van der Waals surface area contributed by atoms with Crippen molar-refractivity contribution in [2.24, 2.45) is 11.7 Å². The first-order valence-corrected chi connectivity index (χ1v) is 7.30. The normalized spacial score (nSPS) is 18.1. The first-order valence-electron chi connectivity index (χ1n) is 7.30. The topological polar surface area (TPSA) is 77.8 Å². The lowest BCUT2D eigenvalue weighted by Gasteiger charge is -2.24. The average Bonchev–Trinajstić information content (AvgIpc) is 2.97. The first kappa shape index (κ1) is 13.2. The number of aromatic nitrogens is 3. The lowest BCUT2D eigenvalue weighted by atomic mass is 9.84. The molecule has 1 unspecified atom stereocenters. The predicted octanol–water partition coefficient (Wildman–Crippen LogP) is 2.64. The molecule has 2 N–H and O–H groups in total. The Balaban J connectivity index is 1.66. The quantitative estimate of drug-likeness (QED) is 0.925. The maximum atomic E-state index is 6.27. The average molecular weight is 272 g/mol. The molecule has 5 heteroatoms. The molecule has 0 amide bonds. The molecule has 2 heterocycles. The van der Waals surface area contributed by atoms with E-state index in [4.69, 9.17) is 10.3 Å². The van der Waals surface area contributed by atoms with Crippen molar-refractivity contribution in [2.75, 3.05) is 0 Å². The molecule has 0 bridgehead atoms. The summed E-state index contributed by atoms with van der Waals surface area (Å²) >= 11 is 0. The van der Waals surface area contributed by atoms with Crippen molar-refractivity contribution < 1.29 is 4.52 Å². The van der Waals surface area contributed by atoms with Crippen LogP contribution in [0.4, 0.5) is 0 Å². The summed E-state index contributed by atoms with van der Waals surface area (Å²) in [6, 6.07) is 3.79. The smallest absolute Gasteiger partial charge is 0.243 e. The van der Waals surface area contributed by atoms with Crippen LogP contribution in [0.25, 0.3) is 0 Å². The van der Waals surface area contributed by atoms with Gasteiger partial charge in [0.15, 0.2) is 5.82 Å². The third kappa shape index (κ3) is 3.04. The fourth-order valence-corrected chi connectivity index (χ4v) is 2.85. The van der Waals surface area contributed by atoms with Gasteiger partial charge < -0.3 is 10.3 Å². The van der Waals surface area contributed by atoms with Crippen LogP contribution >= 0.6 is 0 Å². The van der Waals surface area contributed by atoms with Gasteiger partial charge in [-0.15, -0.1) is 0 Å². The van der Waals surface area contributed by atoms with Crippen LogP contribution in [0, 0.1) is 5.92 Å². The third-order valence-corrected chi connectivity index (χ3v) is 4.01. The Kier molecular flexibility index (Phi) is 4.06. The van der Waals surface area contributed by atoms with E-state index < -0.39 is 0 Å². The minimum atomic E-state index is -0.120. The van der Waals surface area contributed by atoms with E-state index >= 15 is 0 Å². The van der Waals surface area contributed by atoms with Gasteiger partial charge in [0.2, 0.25) is 5.89 Å². The van der Waals surface area contributed by atoms with Crippen molar-refractivity contribution in [3.05, 3.63) is 41.8 Å². The zero-order valence-corrected chi connectivity index (χ0v) is 11.5. The Bertz CT molecular complexity index is 534. The first-order chi connectivity index (χ1) is 9.83. The standard InChI is InChI=1S/C15H20N4O/c16-14(12-6-2-1-3-7-12)15-18-13(19-20-15)9-11-5-4-8-17-10-11/h4-5,8,10,12,14H,1-3,6-7,9,16H2. The van der Waals surface area contributed by atoms with Crippen LogP contribution in [0.5, 0.6) is 0 Å². The van der Waals surface area contributed by atoms with Gasteiger partial charge in [0.25, 0.3) is 0 Å². The number of nitrogens with zero attached hydrogens (tertiary/aromatic N) is 3. The van der Waals surface area contributed by atoms with Gasteiger partial charge in [-0.05, 0) is 30.4 Å². The van der Waals surface area contributed by atoms with Crippen LogP contribution in [0.15, 0.2) is 29.0 Å². The Hall–Kier alpha value is -1.75. The van der Waals surface area contributed by atoms with Gasteiger partial charge in [0.1, 0.15) is 0 Å². The second kappa shape index (κ2) is 6.13. The number of hydrogen-bond acceptors (Lipinski definition) is 5. The number of rotatable bonds is 4. The molecule has 0 spiro atoms. The molecule has 1 aliphatic rings. The second-order valence-electron chi connectivity index (χ2n) is 5.51. The number of nitrogens with two attached hydrogens (primary N) is 1. The third-order valence-electron chi connectivity index (χ3n) is 4.01. The van der Waals surface area contributed by atoms with Gasteiger partial charge in [0.05, 0.1) is 6.04 Å². The van der Waals surface area contributed by atoms with Gasteiger partial charge >= 0.3 is 0 Å². The van der Waals surface area contributed by atoms with Crippen molar-refractivity contribution >= 4 is 0 Å². The SMILES string of the molecule is NC(c1nc(Cc2cccnc2)no1)C1CCCCC1. The molecule has 20 heavy (non-hydrogen) atoms. The summed E-state index contributed by atoms with van der Waals surface area (Å²) < 4.78 is 5.35. The summed E-state index contributed by atoms with van der Waals surface area (Å²) in [5.74, 6) is 1.74. The second-order valence-corrected chi connectivity index (χ2v) is 5.51. The van der Waals surface area contributed by atoms with E-state index in [-0.39, 0.29) is 6.04 Å². The molecular weight excluding hydrogens is 252 g/mol. The Morgan fingerprint density at radius 1 is 1.30 bits per heavy atom. The molecule has 2 aromatic heterocycles. The van der Waals surface area contributed by atoms with E-state index in [1.165, 1.54) is 32.1 Å². The Morgan fingerprint density at radius 3 is 2.90 bits per heavy atom. The molecule has 0 radical (unpaired) electrons. The van der Waals surface area contributed by atoms with E-state index in [1.807, 2.05) is 18.3 Å². The highest BCUT2D eigenvalue weighted by Gasteiger charge is 2.26. The van der Waals surface area contributed by atoms with Gasteiger partial charge in [-0.1, -0.05) is 30.5 Å². The molecule has 0 saturated heterocycles. The van der Waals surface area contributed by atoms with E-state index in [0.717, 1.165) is 5.56 Å². The van der Waals surface area contributed by atoms with Crippen LogP contribution < -0.4 is 5.73 Å². The molecule has 0 aromatic carbocycles. The lowest BCUT2D eigenvalue weighted by molar-refractivity contribution is 0.255. The van der Waals surface area contributed by atoms with Gasteiger partial charge in [-0.2, -0.15) is 4.98 Å². The summed E-state index contributed by atoms with van der Waals surface area (Å²) in [7, 11) is 0. The van der Waals surface area contributed by atoms with Crippen molar-refractivity contribution in [1.29, 1.82) is 0 Å². The summed E-state index contributed by atoms with van der Waals surface area (Å²) in [5, 5.41) is 4.03. The monoisotopic (exact) mass is 272 g/mol. The highest BCUT2D eigenvalue weighted by Crippen LogP contribution is 2.32. The summed E-state index contributed by atoms with van der Waals surface area (Å²) in [6.45, 7) is 0. The molecule has 5 nitrogen and oxygen atoms in total. The minimum Gasteiger partial charge on any atom is -0.338 e. The molecule has 1 atom stereocenters. The maximum Gasteiger partial charge on any atom is 0.243 e. The largest absolute Gasteiger partial charge is 0.338 e. The molecule has 106 valence electrons. The summed E-state index contributed by atoms with van der Waals surface area (Å²) in [5.41, 5.74) is 7.34. The van der Waals surface area contributed by atoms with Crippen LogP contribution in [-0.4, -0.2) is 15.1 Å². The van der Waals surface area contributed by atoms with E-state index in [2.05, 4.69) is 15.1 Å². The molecule has 0 aliphatic heterocycles. The number of hydrogen-bond donors (Lipinski definition) is 1. The Labute approximate surface area is 118 Å². The van der Waals surface area contributed by atoms with Crippen LogP contribution in [0.1, 0.15) is 55.4 Å². The zero-order valence-electron chi connectivity index (χ0n) is 11.5. The zero-order chi connectivity index (χ0) is 13.8. The van der Waals surface area contributed by atoms with Gasteiger partial charge in [-0.25, -0.2) is 0 Å². The van der Waals surface area contributed by atoms with E-state index in [9.17, 15) is 0 Å². The van der Waals surface area contributed by atoms with Gasteiger partial charge in [-0.3, -0.25) is 4.98 Å². The molecule has 3 rings (SSSR count). The van der Waals surface area contributed by atoms with Crippen molar-refractivity contribution in [3.63, 3.8) is 0 Å². The number of pyridine rings is 1. The predicted molar refractivity (Wildman–Crippen MR) is 74.8 cm³/mol. The highest BCUT2D eigenvalue weighted by molar-refractivity contribution is 5.14. The molecular formula is C15H20N4O. The fraction of sp³-hybridized carbons (Fsp3) is 0.533. The maximum absolute atomic E-state index is 6.27. The highest BCUT2D eigenvalue weighted by atomic mass is 16.5. The fourth-order valence-electron chi connectivity index (χ4n) is 2.85. The van der Waals surface area contributed by atoms with Crippen molar-refractivity contribution in [2.45, 2.75) is 44.6 Å². The van der Waals surface area contributed by atoms with E-state index in [0.29, 0.717) is 24.1 Å². The van der Waals surface area contributed by atoms with E-state index in [1.54, 1.807) is 6.20 Å². The minimum absolute atomic E-state index is 0.120.